The standard InChI is InChI=1S/C13H18ClN3O3.ClH/c1-17(2)13(19)9-6-8(4-5-10(9)14)16-12(18)11(7-15)20-3;/h4-6,11H,7,15H2,1-3H3,(H,16,18);1H. The van der Waals surface area contributed by atoms with Gasteiger partial charge in [-0.2, -0.15) is 0 Å². The molecule has 0 bridgehead atoms. The molecule has 0 saturated carbocycles. The lowest BCUT2D eigenvalue weighted by atomic mass is 10.1. The van der Waals surface area contributed by atoms with Crippen molar-refractivity contribution in [3.05, 3.63) is 28.8 Å². The fourth-order valence-corrected chi connectivity index (χ4v) is 1.74. The maximum Gasteiger partial charge on any atom is 0.254 e. The molecule has 6 nitrogen and oxygen atoms in total. The van der Waals surface area contributed by atoms with Crippen LogP contribution in [0.3, 0.4) is 0 Å². The van der Waals surface area contributed by atoms with Crippen molar-refractivity contribution in [1.82, 2.24) is 4.90 Å². The molecule has 0 fully saturated rings. The van der Waals surface area contributed by atoms with E-state index in [9.17, 15) is 9.59 Å². The summed E-state index contributed by atoms with van der Waals surface area (Å²) in [4.78, 5) is 25.2. The lowest BCUT2D eigenvalue weighted by Crippen LogP contribution is -2.36. The molecule has 0 aliphatic heterocycles. The van der Waals surface area contributed by atoms with Crippen molar-refractivity contribution in [2.45, 2.75) is 6.10 Å². The summed E-state index contributed by atoms with van der Waals surface area (Å²) in [7, 11) is 4.65. The molecule has 3 N–H and O–H groups in total. The zero-order chi connectivity index (χ0) is 15.3. The molecule has 118 valence electrons. The summed E-state index contributed by atoms with van der Waals surface area (Å²) in [5, 5.41) is 2.95. The molecule has 2 amide bonds. The van der Waals surface area contributed by atoms with Crippen molar-refractivity contribution in [3.8, 4) is 0 Å². The highest BCUT2D eigenvalue weighted by atomic mass is 35.5. The van der Waals surface area contributed by atoms with Gasteiger partial charge in [0.05, 0.1) is 10.6 Å². The summed E-state index contributed by atoms with van der Waals surface area (Å²) in [6.45, 7) is 0.0689. The monoisotopic (exact) mass is 335 g/mol. The average Bonchev–Trinajstić information content (AvgIpc) is 2.41. The summed E-state index contributed by atoms with van der Waals surface area (Å²) < 4.78 is 4.93. The van der Waals surface area contributed by atoms with Crippen molar-refractivity contribution >= 4 is 41.5 Å². The molecule has 0 aliphatic rings. The van der Waals surface area contributed by atoms with E-state index in [2.05, 4.69) is 5.32 Å². The number of carbonyl (C=O) groups excluding carboxylic acids is 2. The number of hydrogen-bond acceptors (Lipinski definition) is 4. The highest BCUT2D eigenvalue weighted by molar-refractivity contribution is 6.34. The van der Waals surface area contributed by atoms with Crippen molar-refractivity contribution < 1.29 is 14.3 Å². The topological polar surface area (TPSA) is 84.7 Å². The number of halogens is 2. The molecule has 0 heterocycles. The Bertz CT molecular complexity index is 505. The Balaban J connectivity index is 0.00000400. The molecule has 0 spiro atoms. The molecule has 1 atom stereocenters. The van der Waals surface area contributed by atoms with Crippen LogP contribution in [0.1, 0.15) is 10.4 Å². The Hall–Kier alpha value is -1.34. The normalized spacial score (nSPS) is 11.3. The summed E-state index contributed by atoms with van der Waals surface area (Å²) in [6.07, 6.45) is -0.737. The van der Waals surface area contributed by atoms with E-state index in [4.69, 9.17) is 22.1 Å². The largest absolute Gasteiger partial charge is 0.370 e. The Kier molecular flexibility index (Phi) is 8.27. The fraction of sp³-hybridized carbons (Fsp3) is 0.385. The predicted molar refractivity (Wildman–Crippen MR) is 85.2 cm³/mol. The van der Waals surface area contributed by atoms with Gasteiger partial charge in [-0.15, -0.1) is 12.4 Å². The van der Waals surface area contributed by atoms with E-state index in [-0.39, 0.29) is 30.8 Å². The van der Waals surface area contributed by atoms with Gasteiger partial charge in [0.25, 0.3) is 11.8 Å². The van der Waals surface area contributed by atoms with Crippen molar-refractivity contribution in [1.29, 1.82) is 0 Å². The highest BCUT2D eigenvalue weighted by Crippen LogP contribution is 2.21. The molecule has 0 aliphatic carbocycles. The number of rotatable bonds is 5. The molecule has 0 aromatic heterocycles. The minimum atomic E-state index is -0.737. The van der Waals surface area contributed by atoms with Crippen LogP contribution in [0.4, 0.5) is 5.69 Å². The van der Waals surface area contributed by atoms with E-state index >= 15 is 0 Å². The molecule has 8 heteroatoms. The van der Waals surface area contributed by atoms with Gasteiger partial charge in [0.15, 0.2) is 0 Å². The molecule has 0 radical (unpaired) electrons. The van der Waals surface area contributed by atoms with E-state index in [0.29, 0.717) is 16.3 Å². The second kappa shape index (κ2) is 8.84. The number of nitrogens with one attached hydrogen (secondary N) is 1. The van der Waals surface area contributed by atoms with Crippen molar-refractivity contribution in [3.63, 3.8) is 0 Å². The van der Waals surface area contributed by atoms with Crippen LogP contribution >= 0.6 is 24.0 Å². The van der Waals surface area contributed by atoms with Crippen LogP contribution in [0.2, 0.25) is 5.02 Å². The quantitative estimate of drug-likeness (QED) is 0.851. The summed E-state index contributed by atoms with van der Waals surface area (Å²) in [5.74, 6) is -0.617. The Morgan fingerprint density at radius 3 is 2.52 bits per heavy atom. The molecule has 1 aromatic carbocycles. The average molecular weight is 336 g/mol. The second-order valence-electron chi connectivity index (χ2n) is 4.34. The first-order valence-electron chi connectivity index (χ1n) is 5.95. The van der Waals surface area contributed by atoms with E-state index in [0.717, 1.165) is 0 Å². The first-order chi connectivity index (χ1) is 9.40. The van der Waals surface area contributed by atoms with Crippen molar-refractivity contribution in [2.24, 2.45) is 5.73 Å². The molecular weight excluding hydrogens is 317 g/mol. The summed E-state index contributed by atoms with van der Waals surface area (Å²) >= 11 is 5.98. The van der Waals surface area contributed by atoms with Crippen LogP contribution in [0.15, 0.2) is 18.2 Å². The number of anilines is 1. The van der Waals surface area contributed by atoms with Gasteiger partial charge in [0.1, 0.15) is 6.10 Å². The highest BCUT2D eigenvalue weighted by Gasteiger charge is 2.18. The smallest absolute Gasteiger partial charge is 0.254 e. The third kappa shape index (κ3) is 5.17. The van der Waals surface area contributed by atoms with Gasteiger partial charge in [-0.3, -0.25) is 9.59 Å². The van der Waals surface area contributed by atoms with Crippen molar-refractivity contribution in [2.75, 3.05) is 33.1 Å². The molecule has 1 rings (SSSR count). The van der Waals surface area contributed by atoms with Gasteiger partial charge < -0.3 is 20.7 Å². The lowest BCUT2D eigenvalue weighted by Gasteiger charge is -2.15. The maximum atomic E-state index is 11.9. The summed E-state index contributed by atoms with van der Waals surface area (Å²) in [5.41, 5.74) is 6.19. The summed E-state index contributed by atoms with van der Waals surface area (Å²) in [6, 6.07) is 4.68. The maximum absolute atomic E-state index is 11.9. The van der Waals surface area contributed by atoms with E-state index in [1.807, 2.05) is 0 Å². The van der Waals surface area contributed by atoms with E-state index in [1.54, 1.807) is 26.2 Å². The number of methoxy groups -OCH3 is 1. The van der Waals surface area contributed by atoms with Crippen LogP contribution in [0.5, 0.6) is 0 Å². The van der Waals surface area contributed by atoms with Crippen LogP contribution in [-0.2, 0) is 9.53 Å². The Morgan fingerprint density at radius 2 is 2.05 bits per heavy atom. The Labute approximate surface area is 135 Å². The Morgan fingerprint density at radius 1 is 1.43 bits per heavy atom. The molecule has 0 saturated heterocycles. The number of hydrogen-bond donors (Lipinski definition) is 2. The molecule has 1 aromatic rings. The number of nitrogens with two attached hydrogens (primary N) is 1. The van der Waals surface area contributed by atoms with E-state index < -0.39 is 6.10 Å². The minimum Gasteiger partial charge on any atom is -0.370 e. The number of benzene rings is 1. The van der Waals surface area contributed by atoms with Gasteiger partial charge >= 0.3 is 0 Å². The number of carbonyl (C=O) groups is 2. The minimum absolute atomic E-state index is 0. The third-order valence-electron chi connectivity index (χ3n) is 2.66. The molecular formula is C13H19Cl2N3O3. The lowest BCUT2D eigenvalue weighted by molar-refractivity contribution is -0.125. The van der Waals surface area contributed by atoms with Crippen LogP contribution < -0.4 is 11.1 Å². The zero-order valence-electron chi connectivity index (χ0n) is 12.1. The van der Waals surface area contributed by atoms with Gasteiger partial charge in [-0.05, 0) is 18.2 Å². The van der Waals surface area contributed by atoms with Gasteiger partial charge in [-0.1, -0.05) is 11.6 Å². The second-order valence-corrected chi connectivity index (χ2v) is 4.75. The molecule has 1 unspecified atom stereocenters. The van der Waals surface area contributed by atoms with Gasteiger partial charge in [0, 0.05) is 33.4 Å². The van der Waals surface area contributed by atoms with E-state index in [1.165, 1.54) is 18.1 Å². The number of amides is 2. The SMILES string of the molecule is COC(CN)C(=O)Nc1ccc(Cl)c(C(=O)N(C)C)c1.Cl. The number of ether oxygens (including phenoxy) is 1. The van der Waals surface area contributed by atoms with Gasteiger partial charge in [0.2, 0.25) is 0 Å². The molecule has 21 heavy (non-hydrogen) atoms. The fourth-order valence-electron chi connectivity index (χ4n) is 1.54. The third-order valence-corrected chi connectivity index (χ3v) is 2.99. The zero-order valence-corrected chi connectivity index (χ0v) is 13.6. The van der Waals surface area contributed by atoms with Crippen LogP contribution in [0, 0.1) is 0 Å². The number of nitrogens with zero attached hydrogens (tertiary/aromatic N) is 1. The first kappa shape index (κ1) is 19.7. The van der Waals surface area contributed by atoms with Crippen LogP contribution in [0.25, 0.3) is 0 Å². The van der Waals surface area contributed by atoms with Gasteiger partial charge in [-0.25, -0.2) is 0 Å². The van der Waals surface area contributed by atoms with Crippen LogP contribution in [-0.4, -0.2) is 50.6 Å². The first-order valence-corrected chi connectivity index (χ1v) is 6.33. The predicted octanol–water partition coefficient (Wildman–Crippen LogP) is 1.38.